The summed E-state index contributed by atoms with van der Waals surface area (Å²) < 4.78 is 10.8. The molecule has 1 aliphatic carbocycles. The molecule has 0 saturated heterocycles. The molecular weight excluding hydrogens is 386 g/mol. The number of hydrogen-bond acceptors (Lipinski definition) is 5. The Labute approximate surface area is 173 Å². The van der Waals surface area contributed by atoms with E-state index in [-0.39, 0.29) is 30.9 Å². The molecule has 156 valence electrons. The van der Waals surface area contributed by atoms with Gasteiger partial charge in [-0.1, -0.05) is 30.3 Å². The van der Waals surface area contributed by atoms with Crippen LogP contribution in [0.2, 0.25) is 0 Å². The summed E-state index contributed by atoms with van der Waals surface area (Å²) in [6, 6.07) is 11.5. The number of rotatable bonds is 7. The Hall–Kier alpha value is -3.55. The molecule has 1 saturated carbocycles. The van der Waals surface area contributed by atoms with Gasteiger partial charge in [-0.15, -0.1) is 0 Å². The summed E-state index contributed by atoms with van der Waals surface area (Å²) in [4.78, 5) is 42.6. The van der Waals surface area contributed by atoms with Crippen molar-refractivity contribution in [1.29, 1.82) is 0 Å². The molecule has 8 heteroatoms. The number of aromatic amines is 1. The molecule has 1 aromatic heterocycles. The zero-order valence-corrected chi connectivity index (χ0v) is 16.6. The van der Waals surface area contributed by atoms with E-state index in [0.717, 1.165) is 18.4 Å². The topological polar surface area (TPSA) is 101 Å². The van der Waals surface area contributed by atoms with Gasteiger partial charge in [0.15, 0.2) is 0 Å². The van der Waals surface area contributed by atoms with E-state index in [1.807, 2.05) is 30.3 Å². The predicted octanol–water partition coefficient (Wildman–Crippen LogP) is 2.92. The molecule has 2 heterocycles. The third-order valence-corrected chi connectivity index (χ3v) is 5.08. The second-order valence-corrected chi connectivity index (χ2v) is 7.14. The normalized spacial score (nSPS) is 18.8. The molecule has 0 bridgehead atoms. The first-order valence-corrected chi connectivity index (χ1v) is 9.95. The summed E-state index contributed by atoms with van der Waals surface area (Å²) in [5, 5.41) is 2.92. The largest absolute Gasteiger partial charge is 0.463 e. The summed E-state index contributed by atoms with van der Waals surface area (Å²) in [5.74, 6) is -1.10. The Kier molecular flexibility index (Phi) is 5.56. The molecule has 0 unspecified atom stereocenters. The fourth-order valence-electron chi connectivity index (χ4n) is 3.56. The smallest absolute Gasteiger partial charge is 0.355 e. The van der Waals surface area contributed by atoms with Crippen LogP contribution in [0.25, 0.3) is 0 Å². The molecule has 1 aromatic carbocycles. The van der Waals surface area contributed by atoms with Gasteiger partial charge in [0.05, 0.1) is 23.9 Å². The van der Waals surface area contributed by atoms with E-state index in [1.54, 1.807) is 25.3 Å². The van der Waals surface area contributed by atoms with E-state index in [9.17, 15) is 14.4 Å². The van der Waals surface area contributed by atoms with Crippen LogP contribution in [0.5, 0.6) is 0 Å². The van der Waals surface area contributed by atoms with Gasteiger partial charge in [0, 0.05) is 12.2 Å². The van der Waals surface area contributed by atoms with Gasteiger partial charge in [0.2, 0.25) is 0 Å². The Morgan fingerprint density at radius 2 is 1.83 bits per heavy atom. The second-order valence-electron chi connectivity index (χ2n) is 7.14. The van der Waals surface area contributed by atoms with Crippen molar-refractivity contribution in [3.63, 3.8) is 0 Å². The van der Waals surface area contributed by atoms with E-state index in [4.69, 9.17) is 9.47 Å². The van der Waals surface area contributed by atoms with Gasteiger partial charge in [-0.3, -0.25) is 4.90 Å². The highest BCUT2D eigenvalue weighted by Gasteiger charge is 2.44. The van der Waals surface area contributed by atoms with E-state index in [1.165, 1.54) is 4.90 Å². The van der Waals surface area contributed by atoms with E-state index in [0.29, 0.717) is 11.4 Å². The van der Waals surface area contributed by atoms with Crippen molar-refractivity contribution in [2.24, 2.45) is 0 Å². The van der Waals surface area contributed by atoms with Crippen molar-refractivity contribution in [2.75, 3.05) is 13.2 Å². The minimum absolute atomic E-state index is 0.0228. The fraction of sp³-hybridized carbons (Fsp3) is 0.318. The molecule has 30 heavy (non-hydrogen) atoms. The van der Waals surface area contributed by atoms with Crippen LogP contribution in [-0.2, 0) is 14.3 Å². The van der Waals surface area contributed by atoms with Gasteiger partial charge in [0.1, 0.15) is 12.3 Å². The lowest BCUT2D eigenvalue weighted by Gasteiger charge is -2.36. The average Bonchev–Trinajstić information content (AvgIpc) is 3.43. The predicted molar refractivity (Wildman–Crippen MR) is 107 cm³/mol. The monoisotopic (exact) mass is 409 g/mol. The molecule has 1 atom stereocenters. The number of ether oxygens (including phenoxy) is 2. The van der Waals surface area contributed by atoms with Crippen molar-refractivity contribution in [3.05, 3.63) is 71.2 Å². The zero-order chi connectivity index (χ0) is 21.1. The highest BCUT2D eigenvalue weighted by atomic mass is 16.5. The minimum Gasteiger partial charge on any atom is -0.463 e. The number of amides is 2. The van der Waals surface area contributed by atoms with Crippen molar-refractivity contribution < 1.29 is 23.9 Å². The number of esters is 2. The van der Waals surface area contributed by atoms with Crippen molar-refractivity contribution in [2.45, 2.75) is 31.8 Å². The highest BCUT2D eigenvalue weighted by Crippen LogP contribution is 2.38. The standard InChI is InChI=1S/C22H23N3O5/c1-2-29-21(27)18-17(13-30-20(26)16-9-6-12-23-16)25(15-10-11-15)22(28)24-19(18)14-7-4-3-5-8-14/h3-9,12,15,19,23H,2,10-11,13H2,1H3,(H,24,28)/t19-/m1/s1. The Bertz CT molecular complexity index is 964. The number of benzene rings is 1. The van der Waals surface area contributed by atoms with Crippen LogP contribution < -0.4 is 5.32 Å². The molecule has 2 aliphatic rings. The second kappa shape index (κ2) is 8.44. The minimum atomic E-state index is -0.688. The maximum atomic E-state index is 13.0. The van der Waals surface area contributed by atoms with E-state index >= 15 is 0 Å². The number of carbonyl (C=O) groups excluding carboxylic acids is 3. The summed E-state index contributed by atoms with van der Waals surface area (Å²) in [5.41, 5.74) is 1.70. The molecule has 2 N–H and O–H groups in total. The first kappa shape index (κ1) is 19.8. The summed E-state index contributed by atoms with van der Waals surface area (Å²) in [7, 11) is 0. The first-order chi connectivity index (χ1) is 14.6. The van der Waals surface area contributed by atoms with Crippen LogP contribution >= 0.6 is 0 Å². The van der Waals surface area contributed by atoms with Crippen molar-refractivity contribution in [1.82, 2.24) is 15.2 Å². The molecule has 4 rings (SSSR count). The van der Waals surface area contributed by atoms with Gasteiger partial charge in [-0.2, -0.15) is 0 Å². The van der Waals surface area contributed by atoms with Gasteiger partial charge < -0.3 is 19.8 Å². The fourth-order valence-corrected chi connectivity index (χ4v) is 3.56. The average molecular weight is 409 g/mol. The third kappa shape index (κ3) is 3.94. The van der Waals surface area contributed by atoms with E-state index in [2.05, 4.69) is 10.3 Å². The molecule has 2 amide bonds. The number of aromatic nitrogens is 1. The van der Waals surface area contributed by atoms with Crippen LogP contribution in [0.15, 0.2) is 59.9 Å². The molecule has 1 fully saturated rings. The quantitative estimate of drug-likeness (QED) is 0.685. The molecular formula is C22H23N3O5. The maximum Gasteiger partial charge on any atom is 0.355 e. The van der Waals surface area contributed by atoms with Gasteiger partial charge >= 0.3 is 18.0 Å². The number of carbonyl (C=O) groups is 3. The SMILES string of the molecule is CCOC(=O)C1=C(COC(=O)c2ccc[nH]2)N(C2CC2)C(=O)N[C@@H]1c1ccccc1. The van der Waals surface area contributed by atoms with Crippen molar-refractivity contribution >= 4 is 18.0 Å². The van der Waals surface area contributed by atoms with Crippen molar-refractivity contribution in [3.8, 4) is 0 Å². The lowest BCUT2D eigenvalue weighted by atomic mass is 9.94. The maximum absolute atomic E-state index is 13.0. The van der Waals surface area contributed by atoms with Gasteiger partial charge in [-0.25, -0.2) is 14.4 Å². The molecule has 8 nitrogen and oxygen atoms in total. The molecule has 0 radical (unpaired) electrons. The highest BCUT2D eigenvalue weighted by molar-refractivity contribution is 5.95. The molecule has 0 spiro atoms. The van der Waals surface area contributed by atoms with Crippen LogP contribution in [0, 0.1) is 0 Å². The van der Waals surface area contributed by atoms with Gasteiger partial charge in [-0.05, 0) is 37.5 Å². The van der Waals surface area contributed by atoms with Crippen LogP contribution in [0.1, 0.15) is 41.9 Å². The summed E-state index contributed by atoms with van der Waals surface area (Å²) in [6.45, 7) is 1.71. The van der Waals surface area contributed by atoms with Gasteiger partial charge in [0.25, 0.3) is 0 Å². The third-order valence-electron chi connectivity index (χ3n) is 5.08. The lowest BCUT2D eigenvalue weighted by Crippen LogP contribution is -2.50. The number of urea groups is 1. The van der Waals surface area contributed by atoms with E-state index < -0.39 is 18.0 Å². The molecule has 1 aliphatic heterocycles. The molecule has 2 aromatic rings. The van der Waals surface area contributed by atoms with Crippen LogP contribution in [0.4, 0.5) is 4.79 Å². The van der Waals surface area contributed by atoms with Crippen LogP contribution in [-0.4, -0.2) is 47.1 Å². The number of nitrogens with zero attached hydrogens (tertiary/aromatic N) is 1. The number of nitrogens with one attached hydrogen (secondary N) is 2. The summed E-state index contributed by atoms with van der Waals surface area (Å²) in [6.07, 6.45) is 3.27. The Morgan fingerprint density at radius 1 is 1.07 bits per heavy atom. The lowest BCUT2D eigenvalue weighted by molar-refractivity contribution is -0.139. The number of hydrogen-bond donors (Lipinski definition) is 2. The zero-order valence-electron chi connectivity index (χ0n) is 16.6. The number of H-pyrrole nitrogens is 1. The first-order valence-electron chi connectivity index (χ1n) is 9.95. The Morgan fingerprint density at radius 3 is 2.47 bits per heavy atom. The Balaban J connectivity index is 1.74. The summed E-state index contributed by atoms with van der Waals surface area (Å²) >= 11 is 0. The van der Waals surface area contributed by atoms with Crippen LogP contribution in [0.3, 0.4) is 0 Å².